The highest BCUT2D eigenvalue weighted by Gasteiger charge is 2.38. The Labute approximate surface area is 162 Å². The molecule has 0 bridgehead atoms. The predicted molar refractivity (Wildman–Crippen MR) is 99.9 cm³/mol. The lowest BCUT2D eigenvalue weighted by Crippen LogP contribution is -2.32. The van der Waals surface area contributed by atoms with E-state index in [1.807, 2.05) is 6.33 Å². The van der Waals surface area contributed by atoms with Gasteiger partial charge in [0, 0.05) is 12.6 Å². The number of halogens is 3. The molecule has 0 saturated heterocycles. The van der Waals surface area contributed by atoms with E-state index in [1.54, 1.807) is 0 Å². The molecule has 0 fully saturated rings. The molecule has 2 atom stereocenters. The summed E-state index contributed by atoms with van der Waals surface area (Å²) in [6.45, 7) is 9.63. The third-order valence-electron chi connectivity index (χ3n) is 3.94. The molecule has 0 aliphatic rings. The minimum absolute atomic E-state index is 0.208. The highest BCUT2D eigenvalue weighted by atomic mass is 19.4. The van der Waals surface area contributed by atoms with Crippen LogP contribution < -0.4 is 5.32 Å². The zero-order valence-electron chi connectivity index (χ0n) is 16.5. The number of carboxylic acids is 1. The summed E-state index contributed by atoms with van der Waals surface area (Å²) in [5.41, 5.74) is 2.67. The summed E-state index contributed by atoms with van der Waals surface area (Å²) < 4.78 is 33.9. The summed E-state index contributed by atoms with van der Waals surface area (Å²) in [7, 11) is 0. The molecule has 1 aromatic carbocycles. The number of nitrogens with one attached hydrogen (secondary N) is 1. The fourth-order valence-corrected chi connectivity index (χ4v) is 2.65. The van der Waals surface area contributed by atoms with Gasteiger partial charge in [-0.3, -0.25) is 0 Å². The summed E-state index contributed by atoms with van der Waals surface area (Å²) in [6, 6.07) is 9.36. The van der Waals surface area contributed by atoms with Crippen molar-refractivity contribution >= 4 is 5.97 Å². The minimum atomic E-state index is -5.08. The number of aliphatic carboxylic acids is 1. The van der Waals surface area contributed by atoms with Gasteiger partial charge in [-0.1, -0.05) is 36.8 Å². The maximum absolute atomic E-state index is 10.6. The average Bonchev–Trinajstić information content (AvgIpc) is 3.05. The number of carbonyl (C=O) groups is 1. The zero-order valence-corrected chi connectivity index (χ0v) is 16.5. The first-order valence-corrected chi connectivity index (χ1v) is 9.04. The lowest BCUT2D eigenvalue weighted by atomic mass is 10.0. The van der Waals surface area contributed by atoms with Crippen molar-refractivity contribution in [3.05, 3.63) is 47.5 Å². The largest absolute Gasteiger partial charge is 0.490 e. The van der Waals surface area contributed by atoms with E-state index in [1.165, 1.54) is 11.1 Å². The molecule has 1 heterocycles. The average molecular weight is 400 g/mol. The van der Waals surface area contributed by atoms with Gasteiger partial charge in [0.15, 0.2) is 0 Å². The predicted octanol–water partition coefficient (Wildman–Crippen LogP) is 3.91. The number of benzene rings is 1. The SMILES string of the molecule is CCCn1cnnc1C(C)NC(C)Cc1ccc(C)cc1.O=C(O)C(F)(F)F. The van der Waals surface area contributed by atoms with Crippen molar-refractivity contribution in [2.45, 2.75) is 65.3 Å². The van der Waals surface area contributed by atoms with Crippen LogP contribution in [0.1, 0.15) is 50.2 Å². The Morgan fingerprint density at radius 2 is 1.82 bits per heavy atom. The van der Waals surface area contributed by atoms with Gasteiger partial charge in [0.25, 0.3) is 0 Å². The van der Waals surface area contributed by atoms with E-state index < -0.39 is 12.1 Å². The van der Waals surface area contributed by atoms with Crippen molar-refractivity contribution in [1.29, 1.82) is 0 Å². The standard InChI is InChI=1S/C17H26N4.C2HF3O2/c1-5-10-21-12-18-20-17(21)15(4)19-14(3)11-16-8-6-13(2)7-9-16;3-2(4,5)1(6)7/h6-9,12,14-15,19H,5,10-11H2,1-4H3;(H,6,7). The van der Waals surface area contributed by atoms with Gasteiger partial charge in [-0.25, -0.2) is 4.79 Å². The number of aromatic nitrogens is 3. The van der Waals surface area contributed by atoms with Gasteiger partial charge in [-0.15, -0.1) is 10.2 Å². The number of aryl methyl sites for hydroxylation is 2. The Bertz CT molecular complexity index is 730. The molecular weight excluding hydrogens is 373 g/mol. The van der Waals surface area contributed by atoms with Crippen LogP contribution >= 0.6 is 0 Å². The number of alkyl halides is 3. The van der Waals surface area contributed by atoms with Gasteiger partial charge in [-0.2, -0.15) is 13.2 Å². The van der Waals surface area contributed by atoms with Crippen LogP contribution in [-0.2, 0) is 17.8 Å². The molecule has 2 rings (SSSR count). The van der Waals surface area contributed by atoms with Gasteiger partial charge < -0.3 is 15.0 Å². The van der Waals surface area contributed by atoms with Crippen LogP contribution in [0, 0.1) is 6.92 Å². The Balaban J connectivity index is 0.000000480. The monoisotopic (exact) mass is 400 g/mol. The molecule has 0 aliphatic heterocycles. The molecule has 156 valence electrons. The number of rotatable bonds is 7. The molecule has 0 saturated carbocycles. The van der Waals surface area contributed by atoms with Crippen molar-refractivity contribution in [1.82, 2.24) is 20.1 Å². The molecular formula is C19H27F3N4O2. The van der Waals surface area contributed by atoms with Crippen molar-refractivity contribution in [3.8, 4) is 0 Å². The van der Waals surface area contributed by atoms with Crippen LogP contribution in [0.2, 0.25) is 0 Å². The van der Waals surface area contributed by atoms with Crippen LogP contribution in [-0.4, -0.2) is 38.1 Å². The van der Waals surface area contributed by atoms with Gasteiger partial charge in [0.05, 0.1) is 6.04 Å². The molecule has 1 aromatic heterocycles. The second-order valence-electron chi connectivity index (χ2n) is 6.66. The molecule has 9 heteroatoms. The fourth-order valence-electron chi connectivity index (χ4n) is 2.65. The minimum Gasteiger partial charge on any atom is -0.475 e. The van der Waals surface area contributed by atoms with Crippen molar-refractivity contribution in [2.24, 2.45) is 0 Å². The number of carboxylic acid groups (broad SMARTS) is 1. The van der Waals surface area contributed by atoms with E-state index in [4.69, 9.17) is 9.90 Å². The lowest BCUT2D eigenvalue weighted by molar-refractivity contribution is -0.192. The van der Waals surface area contributed by atoms with Crippen LogP contribution in [0.4, 0.5) is 13.2 Å². The second kappa shape index (κ2) is 10.8. The number of hydrogen-bond acceptors (Lipinski definition) is 4. The zero-order chi connectivity index (χ0) is 21.3. The van der Waals surface area contributed by atoms with E-state index in [0.29, 0.717) is 6.04 Å². The van der Waals surface area contributed by atoms with E-state index in [2.05, 4.69) is 72.0 Å². The summed E-state index contributed by atoms with van der Waals surface area (Å²) in [6.07, 6.45) is -1.15. The summed E-state index contributed by atoms with van der Waals surface area (Å²) >= 11 is 0. The van der Waals surface area contributed by atoms with Crippen molar-refractivity contribution in [2.75, 3.05) is 0 Å². The molecule has 28 heavy (non-hydrogen) atoms. The van der Waals surface area contributed by atoms with E-state index in [0.717, 1.165) is 25.2 Å². The van der Waals surface area contributed by atoms with Crippen LogP contribution in [0.5, 0.6) is 0 Å². The number of nitrogens with zero attached hydrogens (tertiary/aromatic N) is 3. The topological polar surface area (TPSA) is 80.0 Å². The third-order valence-corrected chi connectivity index (χ3v) is 3.94. The van der Waals surface area contributed by atoms with Crippen LogP contribution in [0.15, 0.2) is 30.6 Å². The summed E-state index contributed by atoms with van der Waals surface area (Å²) in [5, 5.41) is 19.0. The molecule has 2 aromatic rings. The highest BCUT2D eigenvalue weighted by Crippen LogP contribution is 2.14. The third kappa shape index (κ3) is 8.08. The van der Waals surface area contributed by atoms with Gasteiger partial charge in [-0.05, 0) is 39.2 Å². The second-order valence-corrected chi connectivity index (χ2v) is 6.66. The molecule has 0 amide bonds. The first kappa shape index (κ1) is 23.6. The van der Waals surface area contributed by atoms with Crippen molar-refractivity contribution < 1.29 is 23.1 Å². The smallest absolute Gasteiger partial charge is 0.475 e. The molecule has 0 spiro atoms. The molecule has 6 nitrogen and oxygen atoms in total. The van der Waals surface area contributed by atoms with Gasteiger partial charge in [0.2, 0.25) is 0 Å². The van der Waals surface area contributed by atoms with Crippen molar-refractivity contribution in [3.63, 3.8) is 0 Å². The molecule has 0 radical (unpaired) electrons. The highest BCUT2D eigenvalue weighted by molar-refractivity contribution is 5.73. The quantitative estimate of drug-likeness (QED) is 0.737. The Morgan fingerprint density at radius 3 is 2.32 bits per heavy atom. The molecule has 0 aliphatic carbocycles. The first-order chi connectivity index (χ1) is 13.0. The maximum Gasteiger partial charge on any atom is 0.490 e. The maximum atomic E-state index is 10.6. The van der Waals surface area contributed by atoms with Crippen LogP contribution in [0.3, 0.4) is 0 Å². The van der Waals surface area contributed by atoms with E-state index in [-0.39, 0.29) is 6.04 Å². The Hall–Kier alpha value is -2.42. The molecule has 2 unspecified atom stereocenters. The molecule has 2 N–H and O–H groups in total. The fraction of sp³-hybridized carbons (Fsp3) is 0.526. The number of hydrogen-bond donors (Lipinski definition) is 2. The Kier molecular flexibility index (Phi) is 9.11. The van der Waals surface area contributed by atoms with E-state index in [9.17, 15) is 13.2 Å². The first-order valence-electron chi connectivity index (χ1n) is 9.04. The Morgan fingerprint density at radius 1 is 1.25 bits per heavy atom. The van der Waals surface area contributed by atoms with E-state index >= 15 is 0 Å². The lowest BCUT2D eigenvalue weighted by Gasteiger charge is -2.20. The van der Waals surface area contributed by atoms with Crippen LogP contribution in [0.25, 0.3) is 0 Å². The van der Waals surface area contributed by atoms with Gasteiger partial charge in [0.1, 0.15) is 12.2 Å². The summed E-state index contributed by atoms with van der Waals surface area (Å²) in [5.74, 6) is -1.74. The normalized spacial score (nSPS) is 13.4. The summed E-state index contributed by atoms with van der Waals surface area (Å²) in [4.78, 5) is 8.90. The van der Waals surface area contributed by atoms with Gasteiger partial charge >= 0.3 is 12.1 Å².